The standard InChI is InChI=1S/C15H21N3S/c16-14(19)12-4-3-5-13(17-12)18-10-8-15(9-11-18)6-1-2-7-15/h3-5H,1-2,6-11H2,(H2,16,19). The molecule has 0 aromatic carbocycles. The Balaban J connectivity index is 1.71. The first kappa shape index (κ1) is 12.9. The lowest BCUT2D eigenvalue weighted by molar-refractivity contribution is 0.226. The highest BCUT2D eigenvalue weighted by molar-refractivity contribution is 7.80. The molecule has 4 heteroatoms. The second-order valence-corrected chi connectivity index (χ2v) is 6.38. The molecule has 19 heavy (non-hydrogen) atoms. The fraction of sp³-hybridized carbons (Fsp3) is 0.600. The first-order valence-electron chi connectivity index (χ1n) is 7.20. The van der Waals surface area contributed by atoms with E-state index < -0.39 is 0 Å². The van der Waals surface area contributed by atoms with E-state index in [0.29, 0.717) is 10.4 Å². The van der Waals surface area contributed by atoms with E-state index in [1.165, 1.54) is 38.5 Å². The van der Waals surface area contributed by atoms with Crippen molar-refractivity contribution in [3.8, 4) is 0 Å². The molecule has 0 unspecified atom stereocenters. The minimum atomic E-state index is 0.381. The molecule has 2 N–H and O–H groups in total. The summed E-state index contributed by atoms with van der Waals surface area (Å²) in [6.07, 6.45) is 8.34. The van der Waals surface area contributed by atoms with Crippen molar-refractivity contribution in [1.82, 2.24) is 4.98 Å². The van der Waals surface area contributed by atoms with Crippen molar-refractivity contribution in [2.75, 3.05) is 18.0 Å². The van der Waals surface area contributed by atoms with E-state index in [9.17, 15) is 0 Å². The van der Waals surface area contributed by atoms with Crippen LogP contribution in [0, 0.1) is 5.41 Å². The lowest BCUT2D eigenvalue weighted by Crippen LogP contribution is -2.39. The predicted molar refractivity (Wildman–Crippen MR) is 82.5 cm³/mol. The average molecular weight is 275 g/mol. The van der Waals surface area contributed by atoms with Crippen LogP contribution in [0.3, 0.4) is 0 Å². The van der Waals surface area contributed by atoms with Gasteiger partial charge in [0, 0.05) is 13.1 Å². The molecule has 2 aliphatic rings. The number of rotatable bonds is 2. The van der Waals surface area contributed by atoms with Gasteiger partial charge in [-0.25, -0.2) is 4.98 Å². The van der Waals surface area contributed by atoms with Crippen LogP contribution in [0.2, 0.25) is 0 Å². The van der Waals surface area contributed by atoms with Gasteiger partial charge in [0.25, 0.3) is 0 Å². The van der Waals surface area contributed by atoms with Crippen molar-refractivity contribution in [2.24, 2.45) is 11.1 Å². The van der Waals surface area contributed by atoms with E-state index in [1.54, 1.807) is 0 Å². The van der Waals surface area contributed by atoms with Crippen LogP contribution < -0.4 is 10.6 Å². The van der Waals surface area contributed by atoms with Crippen molar-refractivity contribution >= 4 is 23.0 Å². The highest BCUT2D eigenvalue weighted by Crippen LogP contribution is 2.46. The zero-order chi connectivity index (χ0) is 13.3. The van der Waals surface area contributed by atoms with Gasteiger partial charge in [0.2, 0.25) is 0 Å². The van der Waals surface area contributed by atoms with E-state index in [0.717, 1.165) is 24.6 Å². The van der Waals surface area contributed by atoms with Gasteiger partial charge < -0.3 is 10.6 Å². The van der Waals surface area contributed by atoms with Gasteiger partial charge in [-0.15, -0.1) is 0 Å². The molecule has 1 aromatic rings. The predicted octanol–water partition coefficient (Wildman–Crippen LogP) is 2.88. The van der Waals surface area contributed by atoms with Crippen LogP contribution in [0.15, 0.2) is 18.2 Å². The average Bonchev–Trinajstić information content (AvgIpc) is 2.88. The maximum Gasteiger partial charge on any atom is 0.129 e. The maximum atomic E-state index is 5.66. The maximum absolute atomic E-state index is 5.66. The van der Waals surface area contributed by atoms with Gasteiger partial charge in [0.15, 0.2) is 0 Å². The quantitative estimate of drug-likeness (QED) is 0.843. The highest BCUT2D eigenvalue weighted by Gasteiger charge is 2.37. The normalized spacial score (nSPS) is 21.8. The fourth-order valence-corrected chi connectivity index (χ4v) is 3.69. The van der Waals surface area contributed by atoms with Crippen LogP contribution in [0.25, 0.3) is 0 Å². The number of nitrogens with zero attached hydrogens (tertiary/aromatic N) is 2. The molecule has 1 aromatic heterocycles. The van der Waals surface area contributed by atoms with E-state index in [4.69, 9.17) is 18.0 Å². The molecule has 3 nitrogen and oxygen atoms in total. The number of thiocarbonyl (C=S) groups is 1. The van der Waals surface area contributed by atoms with E-state index >= 15 is 0 Å². The Morgan fingerprint density at radius 3 is 2.47 bits per heavy atom. The Morgan fingerprint density at radius 2 is 1.84 bits per heavy atom. The van der Waals surface area contributed by atoms with Gasteiger partial charge >= 0.3 is 0 Å². The van der Waals surface area contributed by atoms with Crippen LogP contribution in [-0.2, 0) is 0 Å². The lowest BCUT2D eigenvalue weighted by Gasteiger charge is -2.40. The molecule has 3 rings (SSSR count). The molecule has 0 bridgehead atoms. The number of hydrogen-bond donors (Lipinski definition) is 1. The minimum Gasteiger partial charge on any atom is -0.388 e. The van der Waals surface area contributed by atoms with Crippen molar-refractivity contribution in [1.29, 1.82) is 0 Å². The van der Waals surface area contributed by atoms with Crippen LogP contribution in [0.5, 0.6) is 0 Å². The van der Waals surface area contributed by atoms with Crippen molar-refractivity contribution in [3.05, 3.63) is 23.9 Å². The van der Waals surface area contributed by atoms with Crippen LogP contribution in [0.4, 0.5) is 5.82 Å². The summed E-state index contributed by atoms with van der Waals surface area (Å²) >= 11 is 5.00. The molecule has 1 saturated carbocycles. The number of pyridine rings is 1. The van der Waals surface area contributed by atoms with Crippen molar-refractivity contribution in [3.63, 3.8) is 0 Å². The molecule has 1 saturated heterocycles. The smallest absolute Gasteiger partial charge is 0.129 e. The number of aromatic nitrogens is 1. The largest absolute Gasteiger partial charge is 0.388 e. The van der Waals surface area contributed by atoms with E-state index in [-0.39, 0.29) is 0 Å². The SMILES string of the molecule is NC(=S)c1cccc(N2CCC3(CCCC3)CC2)n1. The van der Waals surface area contributed by atoms with E-state index in [1.807, 2.05) is 12.1 Å². The molecular formula is C15H21N3S. The zero-order valence-electron chi connectivity index (χ0n) is 11.3. The Bertz CT molecular complexity index is 470. The molecule has 0 amide bonds. The summed E-state index contributed by atoms with van der Waals surface area (Å²) < 4.78 is 0. The molecule has 2 heterocycles. The molecule has 102 valence electrons. The van der Waals surface area contributed by atoms with Crippen molar-refractivity contribution < 1.29 is 0 Å². The van der Waals surface area contributed by atoms with Crippen LogP contribution in [-0.4, -0.2) is 23.1 Å². The molecule has 0 atom stereocenters. The summed E-state index contributed by atoms with van der Waals surface area (Å²) in [5, 5.41) is 0. The van der Waals surface area contributed by atoms with Gasteiger partial charge in [-0.1, -0.05) is 31.1 Å². The van der Waals surface area contributed by atoms with Gasteiger partial charge in [0.05, 0.1) is 5.69 Å². The third-order valence-electron chi connectivity index (χ3n) is 4.80. The first-order chi connectivity index (χ1) is 9.19. The van der Waals surface area contributed by atoms with Gasteiger partial charge in [-0.3, -0.25) is 0 Å². The molecular weight excluding hydrogens is 254 g/mol. The van der Waals surface area contributed by atoms with Gasteiger partial charge in [0.1, 0.15) is 10.8 Å². The number of hydrogen-bond acceptors (Lipinski definition) is 3. The van der Waals surface area contributed by atoms with Gasteiger partial charge in [-0.05, 0) is 43.2 Å². The highest BCUT2D eigenvalue weighted by atomic mass is 32.1. The summed E-state index contributed by atoms with van der Waals surface area (Å²) in [5.74, 6) is 1.03. The minimum absolute atomic E-state index is 0.381. The first-order valence-corrected chi connectivity index (χ1v) is 7.61. The summed E-state index contributed by atoms with van der Waals surface area (Å²) in [5.41, 5.74) is 7.04. The zero-order valence-corrected chi connectivity index (χ0v) is 12.1. The third-order valence-corrected chi connectivity index (χ3v) is 5.01. The Morgan fingerprint density at radius 1 is 1.16 bits per heavy atom. The summed E-state index contributed by atoms with van der Waals surface area (Å²) in [6, 6.07) is 5.94. The summed E-state index contributed by atoms with van der Waals surface area (Å²) in [4.78, 5) is 7.33. The third kappa shape index (κ3) is 2.59. The molecule has 1 spiro atoms. The number of nitrogens with two attached hydrogens (primary N) is 1. The summed E-state index contributed by atoms with van der Waals surface area (Å²) in [6.45, 7) is 2.24. The Labute approximate surface area is 120 Å². The van der Waals surface area contributed by atoms with Crippen LogP contribution >= 0.6 is 12.2 Å². The van der Waals surface area contributed by atoms with Crippen LogP contribution in [0.1, 0.15) is 44.2 Å². The van der Waals surface area contributed by atoms with Crippen molar-refractivity contribution in [2.45, 2.75) is 38.5 Å². The Kier molecular flexibility index (Phi) is 3.44. The second-order valence-electron chi connectivity index (χ2n) is 5.94. The lowest BCUT2D eigenvalue weighted by atomic mass is 9.77. The summed E-state index contributed by atoms with van der Waals surface area (Å²) in [7, 11) is 0. The van der Waals surface area contributed by atoms with E-state index in [2.05, 4.69) is 16.0 Å². The molecule has 0 radical (unpaired) electrons. The topological polar surface area (TPSA) is 42.1 Å². The molecule has 1 aliphatic heterocycles. The fourth-order valence-electron chi connectivity index (χ4n) is 3.57. The number of anilines is 1. The second kappa shape index (κ2) is 5.08. The molecule has 2 fully saturated rings. The van der Waals surface area contributed by atoms with Gasteiger partial charge in [-0.2, -0.15) is 0 Å². The molecule has 1 aliphatic carbocycles. The Hall–Kier alpha value is -1.16. The monoisotopic (exact) mass is 275 g/mol. The number of piperidine rings is 1.